The van der Waals surface area contributed by atoms with Crippen molar-refractivity contribution in [1.29, 1.82) is 0 Å². The van der Waals surface area contributed by atoms with Gasteiger partial charge < -0.3 is 19.3 Å². The molecule has 0 aliphatic carbocycles. The molecule has 9 nitrogen and oxygen atoms in total. The van der Waals surface area contributed by atoms with E-state index < -0.39 is 5.67 Å². The van der Waals surface area contributed by atoms with E-state index in [9.17, 15) is 14.0 Å². The van der Waals surface area contributed by atoms with Crippen molar-refractivity contribution in [3.05, 3.63) is 41.6 Å². The minimum Gasteiger partial charge on any atom is -0.488 e. The molecule has 0 N–H and O–H groups in total. The number of alkyl halides is 1. The molecule has 0 saturated carbocycles. The Morgan fingerprint density at radius 1 is 1.32 bits per heavy atom. The van der Waals surface area contributed by atoms with Crippen LogP contribution in [0.2, 0.25) is 0 Å². The van der Waals surface area contributed by atoms with Crippen LogP contribution in [0.25, 0.3) is 0 Å². The Morgan fingerprint density at radius 3 is 2.85 bits per heavy atom. The summed E-state index contributed by atoms with van der Waals surface area (Å²) in [5.74, 6) is 0.918. The first kappa shape index (κ1) is 23.9. The Hall–Kier alpha value is -3.27. The summed E-state index contributed by atoms with van der Waals surface area (Å²) in [7, 11) is 0. The van der Waals surface area contributed by atoms with E-state index in [-0.39, 0.29) is 5.91 Å². The molecule has 4 rings (SSSR count). The van der Waals surface area contributed by atoms with Crippen LogP contribution in [-0.4, -0.2) is 78.4 Å². The molecule has 182 valence electrons. The molecule has 1 saturated heterocycles. The van der Waals surface area contributed by atoms with Crippen molar-refractivity contribution in [2.45, 2.75) is 32.4 Å². The van der Waals surface area contributed by atoms with Gasteiger partial charge in [-0.05, 0) is 38.8 Å². The molecule has 0 atom stereocenters. The summed E-state index contributed by atoms with van der Waals surface area (Å²) in [6, 6.07) is 5.33. The molecule has 34 heavy (non-hydrogen) atoms. The van der Waals surface area contributed by atoms with E-state index in [1.54, 1.807) is 24.1 Å². The van der Waals surface area contributed by atoms with E-state index in [0.717, 1.165) is 5.69 Å². The van der Waals surface area contributed by atoms with Crippen LogP contribution in [0.5, 0.6) is 5.75 Å². The molecule has 10 heteroatoms. The van der Waals surface area contributed by atoms with Gasteiger partial charge in [-0.2, -0.15) is 0 Å². The normalized spacial score (nSPS) is 17.8. The van der Waals surface area contributed by atoms with Gasteiger partial charge in [0, 0.05) is 43.8 Å². The molecule has 2 aliphatic heterocycles. The third kappa shape index (κ3) is 5.27. The molecule has 0 spiro atoms. The van der Waals surface area contributed by atoms with Gasteiger partial charge in [-0.15, -0.1) is 0 Å². The van der Waals surface area contributed by atoms with Gasteiger partial charge in [-0.25, -0.2) is 9.37 Å². The number of amides is 1. The zero-order valence-electron chi connectivity index (χ0n) is 19.6. The zero-order valence-corrected chi connectivity index (χ0v) is 19.6. The number of aromatic nitrogens is 2. The number of carbonyl (C=O) groups is 2. The molecule has 0 unspecified atom stereocenters. The number of ether oxygens (including phenoxy) is 2. The number of rotatable bonds is 7. The van der Waals surface area contributed by atoms with E-state index in [4.69, 9.17) is 9.47 Å². The molecule has 0 aromatic carbocycles. The van der Waals surface area contributed by atoms with Crippen LogP contribution in [0.1, 0.15) is 37.0 Å². The van der Waals surface area contributed by atoms with Crippen LogP contribution in [-0.2, 0) is 9.53 Å². The first-order valence-corrected chi connectivity index (χ1v) is 11.6. The van der Waals surface area contributed by atoms with Gasteiger partial charge in [0.15, 0.2) is 11.6 Å². The third-order valence-corrected chi connectivity index (χ3v) is 6.09. The smallest absolute Gasteiger partial charge is 0.255 e. The highest BCUT2D eigenvalue weighted by Crippen LogP contribution is 2.35. The largest absolute Gasteiger partial charge is 0.488 e. The lowest BCUT2D eigenvalue weighted by molar-refractivity contribution is 0.0503. The molecule has 1 fully saturated rings. The Labute approximate surface area is 197 Å². The molecule has 2 aromatic rings. The van der Waals surface area contributed by atoms with E-state index in [1.165, 1.54) is 10.8 Å². The van der Waals surface area contributed by atoms with E-state index in [2.05, 4.69) is 9.98 Å². The number of hydrogen-bond donors (Lipinski definition) is 0. The van der Waals surface area contributed by atoms with Crippen molar-refractivity contribution >= 4 is 23.8 Å². The number of nitrogens with zero attached hydrogens (tertiary/aromatic N) is 5. The van der Waals surface area contributed by atoms with Gasteiger partial charge >= 0.3 is 0 Å². The highest BCUT2D eigenvalue weighted by molar-refractivity contribution is 5.95. The standard InChI is InChI=1S/C24H30FN5O4/c1-3-33-12-7-26-21-15-19(4-8-29(21)17-31)30-11-13-34-20-14-18(16-27-22(20)30)23(32)28-9-5-24(2,25)6-10-28/h4,8,14-17H,3,5-7,9-13H2,1-2H3/b26-21-. The van der Waals surface area contributed by atoms with Gasteiger partial charge in [-0.1, -0.05) is 0 Å². The van der Waals surface area contributed by atoms with Crippen LogP contribution in [0, 0.1) is 0 Å². The summed E-state index contributed by atoms with van der Waals surface area (Å²) in [6.07, 6.45) is 4.55. The van der Waals surface area contributed by atoms with Crippen LogP contribution in [0.4, 0.5) is 15.9 Å². The van der Waals surface area contributed by atoms with Crippen molar-refractivity contribution < 1.29 is 23.5 Å². The first-order chi connectivity index (χ1) is 16.4. The van der Waals surface area contributed by atoms with Crippen molar-refractivity contribution in [1.82, 2.24) is 14.5 Å². The van der Waals surface area contributed by atoms with Crippen molar-refractivity contribution in [3.8, 4) is 5.75 Å². The average molecular weight is 472 g/mol. The number of fused-ring (bicyclic) bond motifs is 1. The molecule has 0 bridgehead atoms. The van der Waals surface area contributed by atoms with Crippen LogP contribution in [0.15, 0.2) is 35.6 Å². The lowest BCUT2D eigenvalue weighted by Crippen LogP contribution is -2.43. The van der Waals surface area contributed by atoms with Crippen molar-refractivity contribution in [2.24, 2.45) is 4.99 Å². The molecule has 4 heterocycles. The Morgan fingerprint density at radius 2 is 2.12 bits per heavy atom. The molecule has 2 aromatic heterocycles. The number of pyridine rings is 2. The number of likely N-dealkylation sites (tertiary alicyclic amines) is 1. The van der Waals surface area contributed by atoms with Crippen LogP contribution in [0.3, 0.4) is 0 Å². The van der Waals surface area contributed by atoms with Crippen molar-refractivity contribution in [3.63, 3.8) is 0 Å². The van der Waals surface area contributed by atoms with Gasteiger partial charge in [0.05, 0.1) is 25.3 Å². The fourth-order valence-corrected chi connectivity index (χ4v) is 4.07. The van der Waals surface area contributed by atoms with Gasteiger partial charge in [0.25, 0.3) is 5.91 Å². The number of piperidine rings is 1. The second-order valence-corrected chi connectivity index (χ2v) is 8.59. The molecular formula is C24H30FN5O4. The summed E-state index contributed by atoms with van der Waals surface area (Å²) < 4.78 is 26.7. The monoisotopic (exact) mass is 471 g/mol. The van der Waals surface area contributed by atoms with Crippen molar-refractivity contribution in [2.75, 3.05) is 50.9 Å². The fraction of sp³-hybridized carbons (Fsp3) is 0.500. The van der Waals surface area contributed by atoms with Gasteiger partial charge in [0.1, 0.15) is 17.8 Å². The van der Waals surface area contributed by atoms with Crippen LogP contribution >= 0.6 is 0 Å². The lowest BCUT2D eigenvalue weighted by atomic mass is 9.95. The lowest BCUT2D eigenvalue weighted by Gasteiger charge is -2.34. The summed E-state index contributed by atoms with van der Waals surface area (Å²) in [5.41, 5.74) is 0.515. The maximum atomic E-state index is 14.1. The summed E-state index contributed by atoms with van der Waals surface area (Å²) in [5, 5.41) is 0. The predicted molar refractivity (Wildman–Crippen MR) is 125 cm³/mol. The molecule has 1 amide bonds. The topological polar surface area (TPSA) is 89.3 Å². The molecule has 0 radical (unpaired) electrons. The van der Waals surface area contributed by atoms with Gasteiger partial charge in [0.2, 0.25) is 6.41 Å². The maximum Gasteiger partial charge on any atom is 0.255 e. The number of halogens is 1. The summed E-state index contributed by atoms with van der Waals surface area (Å²) >= 11 is 0. The Balaban J connectivity index is 1.57. The highest BCUT2D eigenvalue weighted by atomic mass is 19.1. The summed E-state index contributed by atoms with van der Waals surface area (Å²) in [4.78, 5) is 37.0. The highest BCUT2D eigenvalue weighted by Gasteiger charge is 2.32. The quantitative estimate of drug-likeness (QED) is 0.455. The molecular weight excluding hydrogens is 441 g/mol. The number of hydrogen-bond acceptors (Lipinski definition) is 7. The first-order valence-electron chi connectivity index (χ1n) is 11.6. The van der Waals surface area contributed by atoms with E-state index in [0.29, 0.717) is 87.9 Å². The second-order valence-electron chi connectivity index (χ2n) is 8.59. The maximum absolute atomic E-state index is 14.1. The average Bonchev–Trinajstić information content (AvgIpc) is 2.85. The predicted octanol–water partition coefficient (Wildman–Crippen LogP) is 2.35. The van der Waals surface area contributed by atoms with E-state index in [1.807, 2.05) is 24.0 Å². The Bertz CT molecular complexity index is 1110. The van der Waals surface area contributed by atoms with Gasteiger partial charge in [-0.3, -0.25) is 19.1 Å². The minimum absolute atomic E-state index is 0.173. The minimum atomic E-state index is -1.22. The summed E-state index contributed by atoms with van der Waals surface area (Å²) in [6.45, 7) is 6.74. The molecule has 2 aliphatic rings. The third-order valence-electron chi connectivity index (χ3n) is 6.09. The SMILES string of the molecule is CCOCC/N=c1/cc(N2CCOc3cc(C(=O)N4CCC(C)(F)CC4)cnc32)ccn1C=O. The second kappa shape index (κ2) is 10.3. The van der Waals surface area contributed by atoms with E-state index >= 15 is 0 Å². The Kier molecular flexibility index (Phi) is 7.26. The fourth-order valence-electron chi connectivity index (χ4n) is 4.07. The van der Waals surface area contributed by atoms with Crippen LogP contribution < -0.4 is 15.1 Å². The zero-order chi connectivity index (χ0) is 24.1. The number of anilines is 2. The number of carbonyl (C=O) groups excluding carboxylic acids is 2.